The lowest BCUT2D eigenvalue weighted by molar-refractivity contribution is -0.913. The maximum absolute atomic E-state index is 4.41. The number of rotatable bonds is 7. The molecule has 0 bridgehead atoms. The Bertz CT molecular complexity index is 1110. The summed E-state index contributed by atoms with van der Waals surface area (Å²) < 4.78 is 7.27. The van der Waals surface area contributed by atoms with Gasteiger partial charge in [-0.1, -0.05) is 32.6 Å². The number of nitrogens with zero attached hydrogens (tertiary/aromatic N) is 3. The summed E-state index contributed by atoms with van der Waals surface area (Å²) in [6.07, 6.45) is 18.4. The zero-order valence-corrected chi connectivity index (χ0v) is 20.0. The molecule has 4 heterocycles. The Morgan fingerprint density at radius 1 is 1.03 bits per heavy atom. The van der Waals surface area contributed by atoms with Crippen molar-refractivity contribution < 1.29 is 13.7 Å². The molecule has 2 unspecified atom stereocenters. The highest BCUT2D eigenvalue weighted by Crippen LogP contribution is 2.53. The minimum atomic E-state index is -0.135. The molecule has 0 spiro atoms. The summed E-state index contributed by atoms with van der Waals surface area (Å²) in [5.41, 5.74) is 4.65. The Labute approximate surface area is 193 Å². The van der Waals surface area contributed by atoms with E-state index in [0.29, 0.717) is 0 Å². The van der Waals surface area contributed by atoms with Gasteiger partial charge >= 0.3 is 6.17 Å². The SMILES string of the molecule is C=CC1=CC=[N+](C(=C)C=CC)C(C)(CC)C1(CC)CC1[n+]2ccccc2-c2cccc[n+]21. The maximum Gasteiger partial charge on any atom is 0.354 e. The summed E-state index contributed by atoms with van der Waals surface area (Å²) in [5.74, 6) is 0. The van der Waals surface area contributed by atoms with Crippen LogP contribution in [0.1, 0.15) is 53.1 Å². The third-order valence-corrected chi connectivity index (χ3v) is 7.91. The Hall–Kier alpha value is -3.07. The summed E-state index contributed by atoms with van der Waals surface area (Å²) in [6.45, 7) is 17.7. The van der Waals surface area contributed by atoms with E-state index in [9.17, 15) is 0 Å². The van der Waals surface area contributed by atoms with Gasteiger partial charge in [-0.2, -0.15) is 4.58 Å². The second-order valence-electron chi connectivity index (χ2n) is 9.07. The third-order valence-electron chi connectivity index (χ3n) is 7.91. The van der Waals surface area contributed by atoms with Crippen LogP contribution in [0.4, 0.5) is 0 Å². The van der Waals surface area contributed by atoms with Gasteiger partial charge in [-0.3, -0.25) is 0 Å². The number of aromatic nitrogens is 2. The van der Waals surface area contributed by atoms with Gasteiger partial charge in [-0.25, -0.2) is 0 Å². The van der Waals surface area contributed by atoms with Gasteiger partial charge in [0, 0.05) is 49.8 Å². The Kier molecular flexibility index (Phi) is 5.85. The molecular formula is C29H36N3+3. The van der Waals surface area contributed by atoms with Crippen molar-refractivity contribution in [3.05, 3.63) is 97.5 Å². The lowest BCUT2D eigenvalue weighted by Crippen LogP contribution is -2.61. The molecule has 0 aliphatic carbocycles. The molecule has 0 fully saturated rings. The second kappa shape index (κ2) is 8.46. The van der Waals surface area contributed by atoms with E-state index in [2.05, 4.69) is 134 Å². The van der Waals surface area contributed by atoms with Crippen LogP contribution < -0.4 is 9.13 Å². The highest BCUT2D eigenvalue weighted by atomic mass is 15.3. The van der Waals surface area contributed by atoms with Gasteiger partial charge in [0.2, 0.25) is 0 Å². The first-order valence-electron chi connectivity index (χ1n) is 11.8. The molecule has 3 nitrogen and oxygen atoms in total. The van der Waals surface area contributed by atoms with Crippen molar-refractivity contribution in [2.75, 3.05) is 0 Å². The molecule has 0 amide bonds. The van der Waals surface area contributed by atoms with E-state index in [1.54, 1.807) is 0 Å². The Morgan fingerprint density at radius 2 is 1.66 bits per heavy atom. The minimum Gasteiger partial charge on any atom is -0.193 e. The van der Waals surface area contributed by atoms with Crippen molar-refractivity contribution in [1.29, 1.82) is 0 Å². The minimum absolute atomic E-state index is 0.0992. The second-order valence-corrected chi connectivity index (χ2v) is 9.07. The molecule has 0 N–H and O–H groups in total. The van der Waals surface area contributed by atoms with Crippen molar-refractivity contribution in [3.63, 3.8) is 0 Å². The van der Waals surface area contributed by atoms with Crippen LogP contribution in [-0.4, -0.2) is 16.3 Å². The molecule has 32 heavy (non-hydrogen) atoms. The monoisotopic (exact) mass is 426 g/mol. The van der Waals surface area contributed by atoms with E-state index in [-0.39, 0.29) is 17.1 Å². The average molecular weight is 427 g/mol. The van der Waals surface area contributed by atoms with Gasteiger partial charge in [0.15, 0.2) is 29.8 Å². The van der Waals surface area contributed by atoms with Gasteiger partial charge in [0.1, 0.15) is 0 Å². The quantitative estimate of drug-likeness (QED) is 0.406. The smallest absolute Gasteiger partial charge is 0.193 e. The molecule has 2 aromatic rings. The van der Waals surface area contributed by atoms with Crippen molar-refractivity contribution in [1.82, 2.24) is 0 Å². The number of pyridine rings is 2. The molecular weight excluding hydrogens is 390 g/mol. The van der Waals surface area contributed by atoms with E-state index >= 15 is 0 Å². The van der Waals surface area contributed by atoms with Crippen LogP contribution in [0.25, 0.3) is 11.4 Å². The van der Waals surface area contributed by atoms with Gasteiger partial charge in [-0.05, 0) is 37.6 Å². The highest BCUT2D eigenvalue weighted by Gasteiger charge is 2.62. The van der Waals surface area contributed by atoms with E-state index in [4.69, 9.17) is 0 Å². The zero-order chi connectivity index (χ0) is 22.9. The summed E-state index contributed by atoms with van der Waals surface area (Å²) >= 11 is 0. The first kappa shape index (κ1) is 22.1. The number of hydrogen-bond acceptors (Lipinski definition) is 0. The zero-order valence-electron chi connectivity index (χ0n) is 20.0. The van der Waals surface area contributed by atoms with Crippen LogP contribution in [0.5, 0.6) is 0 Å². The fourth-order valence-electron chi connectivity index (χ4n) is 6.05. The predicted octanol–water partition coefficient (Wildman–Crippen LogP) is 5.54. The highest BCUT2D eigenvalue weighted by molar-refractivity contribution is 5.71. The number of allylic oxidation sites excluding steroid dienone is 4. The molecule has 0 radical (unpaired) electrons. The standard InChI is InChI=1S/C29H36N3/c1-7-15-23(5)32-21-18-24(8-2)29(10-4,28(32,6)9-3)22-27-30-19-13-11-16-25(30)26-17-12-14-20-31(26)27/h7-8,11-21,27H,2,5,9-10,22H2,1,3-4,6H3/q+3. The molecule has 3 heteroatoms. The summed E-state index contributed by atoms with van der Waals surface area (Å²) in [4.78, 5) is 0. The largest absolute Gasteiger partial charge is 0.354 e. The van der Waals surface area contributed by atoms with Crippen LogP contribution in [0.2, 0.25) is 0 Å². The summed E-state index contributed by atoms with van der Waals surface area (Å²) in [5, 5.41) is 0. The molecule has 2 aromatic heterocycles. The van der Waals surface area contributed by atoms with E-state index in [1.165, 1.54) is 17.0 Å². The van der Waals surface area contributed by atoms with Crippen molar-refractivity contribution in [3.8, 4) is 11.4 Å². The lowest BCUT2D eigenvalue weighted by atomic mass is 9.58. The van der Waals surface area contributed by atoms with Crippen molar-refractivity contribution in [2.24, 2.45) is 5.41 Å². The lowest BCUT2D eigenvalue weighted by Gasteiger charge is -2.47. The maximum atomic E-state index is 4.41. The Morgan fingerprint density at radius 3 is 2.16 bits per heavy atom. The predicted molar refractivity (Wildman–Crippen MR) is 131 cm³/mol. The van der Waals surface area contributed by atoms with Gasteiger partial charge < -0.3 is 0 Å². The molecule has 2 aliphatic rings. The average Bonchev–Trinajstić information content (AvgIpc) is 3.13. The first-order chi connectivity index (χ1) is 15.5. The third kappa shape index (κ3) is 3.06. The molecule has 0 saturated carbocycles. The van der Waals surface area contributed by atoms with Crippen LogP contribution in [0, 0.1) is 5.41 Å². The Balaban J connectivity index is 1.90. The fraction of sp³-hybridized carbons (Fsp3) is 0.345. The van der Waals surface area contributed by atoms with Gasteiger partial charge in [0.25, 0.3) is 11.4 Å². The summed E-state index contributed by atoms with van der Waals surface area (Å²) in [7, 11) is 0. The van der Waals surface area contributed by atoms with Crippen LogP contribution in [-0.2, 0) is 0 Å². The van der Waals surface area contributed by atoms with E-state index in [1.807, 2.05) is 0 Å². The van der Waals surface area contributed by atoms with Crippen LogP contribution in [0.15, 0.2) is 97.5 Å². The van der Waals surface area contributed by atoms with E-state index < -0.39 is 0 Å². The number of fused-ring (bicyclic) bond motifs is 3. The van der Waals surface area contributed by atoms with Crippen LogP contribution >= 0.6 is 0 Å². The van der Waals surface area contributed by atoms with Crippen molar-refractivity contribution >= 4 is 6.21 Å². The molecule has 0 saturated heterocycles. The topological polar surface area (TPSA) is 10.8 Å². The van der Waals surface area contributed by atoms with Crippen molar-refractivity contribution in [2.45, 2.75) is 58.7 Å². The molecule has 4 rings (SSSR count). The fourth-order valence-corrected chi connectivity index (χ4v) is 6.05. The summed E-state index contributed by atoms with van der Waals surface area (Å²) in [6, 6.07) is 13.0. The van der Waals surface area contributed by atoms with Gasteiger partial charge in [0.05, 0.1) is 11.8 Å². The molecule has 2 atom stereocenters. The molecule has 164 valence electrons. The normalized spacial score (nSPS) is 24.6. The van der Waals surface area contributed by atoms with Gasteiger partial charge in [-0.15, -0.1) is 9.13 Å². The van der Waals surface area contributed by atoms with Crippen LogP contribution in [0.3, 0.4) is 0 Å². The van der Waals surface area contributed by atoms with E-state index in [0.717, 1.165) is 25.0 Å². The molecule has 0 aromatic carbocycles. The first-order valence-corrected chi connectivity index (χ1v) is 11.8. The number of hydrogen-bond donors (Lipinski definition) is 0. The molecule has 2 aliphatic heterocycles.